The van der Waals surface area contributed by atoms with E-state index >= 15 is 0 Å². The van der Waals surface area contributed by atoms with Crippen LogP contribution in [-0.4, -0.2) is 33.2 Å². The predicted octanol–water partition coefficient (Wildman–Crippen LogP) is 3.03. The zero-order chi connectivity index (χ0) is 16.8. The van der Waals surface area contributed by atoms with Crippen LogP contribution in [0.25, 0.3) is 10.1 Å². The minimum atomic E-state index is -0.189. The average molecular weight is 366 g/mol. The molecule has 0 spiro atoms. The van der Waals surface area contributed by atoms with Crippen molar-refractivity contribution in [2.75, 3.05) is 12.3 Å². The van der Waals surface area contributed by atoms with Gasteiger partial charge in [-0.2, -0.15) is 16.9 Å². The van der Waals surface area contributed by atoms with Crippen molar-refractivity contribution in [2.24, 2.45) is 0 Å². The van der Waals surface area contributed by atoms with Crippen molar-refractivity contribution < 1.29 is 4.79 Å². The lowest BCUT2D eigenvalue weighted by Gasteiger charge is -2.20. The number of hydrogen-bond acceptors (Lipinski definition) is 5. The van der Waals surface area contributed by atoms with Crippen LogP contribution in [0.2, 0.25) is 0 Å². The zero-order valence-corrected chi connectivity index (χ0v) is 15.3. The van der Waals surface area contributed by atoms with E-state index in [0.29, 0.717) is 11.2 Å². The van der Waals surface area contributed by atoms with Gasteiger partial charge in [-0.15, -0.1) is 11.3 Å². The molecule has 0 bridgehead atoms. The Kier molecular flexibility index (Phi) is 6.31. The number of rotatable bonds is 7. The first-order valence-electron chi connectivity index (χ1n) is 8.55. The maximum absolute atomic E-state index is 12.2. The first-order chi connectivity index (χ1) is 11.7. The molecule has 2 aromatic heterocycles. The van der Waals surface area contributed by atoms with Crippen LogP contribution < -0.4 is 10.9 Å². The first-order valence-corrected chi connectivity index (χ1v) is 10.5. The SMILES string of the molecule is O=C(Cn1ncc2ccsc2c1=O)NCCCSC1CCCCC1. The Morgan fingerprint density at radius 1 is 1.38 bits per heavy atom. The highest BCUT2D eigenvalue weighted by Crippen LogP contribution is 2.28. The average Bonchev–Trinajstić information content (AvgIpc) is 3.07. The van der Waals surface area contributed by atoms with Gasteiger partial charge in [-0.05, 0) is 36.5 Å². The fraction of sp³-hybridized carbons (Fsp3) is 0.588. The summed E-state index contributed by atoms with van der Waals surface area (Å²) in [6.07, 6.45) is 9.42. The smallest absolute Gasteiger partial charge is 0.285 e. The van der Waals surface area contributed by atoms with E-state index in [1.54, 1.807) is 6.20 Å². The lowest BCUT2D eigenvalue weighted by molar-refractivity contribution is -0.121. The molecule has 0 radical (unpaired) electrons. The molecule has 0 atom stereocenters. The van der Waals surface area contributed by atoms with Crippen molar-refractivity contribution in [3.05, 3.63) is 28.0 Å². The van der Waals surface area contributed by atoms with E-state index < -0.39 is 0 Å². The molecule has 5 nitrogen and oxygen atoms in total. The van der Waals surface area contributed by atoms with Crippen LogP contribution in [0.4, 0.5) is 0 Å². The third kappa shape index (κ3) is 4.60. The Hall–Kier alpha value is -1.34. The second kappa shape index (κ2) is 8.67. The fourth-order valence-corrected chi connectivity index (χ4v) is 5.11. The number of carbonyl (C=O) groups excluding carboxylic acids is 1. The van der Waals surface area contributed by atoms with Crippen LogP contribution in [-0.2, 0) is 11.3 Å². The van der Waals surface area contributed by atoms with Gasteiger partial charge in [0, 0.05) is 17.2 Å². The number of thiophene rings is 1. The molecule has 0 unspecified atom stereocenters. The second-order valence-corrected chi connectivity index (χ2v) is 8.47. The molecule has 3 rings (SSSR count). The van der Waals surface area contributed by atoms with Gasteiger partial charge in [-0.3, -0.25) is 9.59 Å². The quantitative estimate of drug-likeness (QED) is 0.766. The van der Waals surface area contributed by atoms with Crippen LogP contribution in [0.3, 0.4) is 0 Å². The molecule has 1 saturated carbocycles. The maximum atomic E-state index is 12.2. The van der Waals surface area contributed by atoms with E-state index in [1.165, 1.54) is 48.1 Å². The van der Waals surface area contributed by atoms with Gasteiger partial charge in [0.15, 0.2) is 0 Å². The van der Waals surface area contributed by atoms with E-state index in [4.69, 9.17) is 0 Å². The zero-order valence-electron chi connectivity index (χ0n) is 13.7. The largest absolute Gasteiger partial charge is 0.354 e. The van der Waals surface area contributed by atoms with Crippen LogP contribution in [0.15, 0.2) is 22.4 Å². The molecule has 130 valence electrons. The molecule has 0 aliphatic heterocycles. The highest BCUT2D eigenvalue weighted by atomic mass is 32.2. The summed E-state index contributed by atoms with van der Waals surface area (Å²) in [5.41, 5.74) is -0.189. The molecule has 0 saturated heterocycles. The Bertz CT molecular complexity index is 735. The number of fused-ring (bicyclic) bond motifs is 1. The summed E-state index contributed by atoms with van der Waals surface area (Å²) in [6.45, 7) is 0.650. The van der Waals surface area contributed by atoms with Crippen molar-refractivity contribution in [3.63, 3.8) is 0 Å². The summed E-state index contributed by atoms with van der Waals surface area (Å²) < 4.78 is 1.90. The number of hydrogen-bond donors (Lipinski definition) is 1. The molecule has 24 heavy (non-hydrogen) atoms. The molecular weight excluding hydrogens is 342 g/mol. The Balaban J connectivity index is 1.39. The van der Waals surface area contributed by atoms with Gasteiger partial charge in [0.1, 0.15) is 11.2 Å². The standard InChI is InChI=1S/C17H23N3O2S2/c21-15(18-8-4-9-23-14-5-2-1-3-6-14)12-20-17(22)16-13(11-19-20)7-10-24-16/h7,10-11,14H,1-6,8-9,12H2,(H,18,21). The molecular formula is C17H23N3O2S2. The summed E-state index contributed by atoms with van der Waals surface area (Å²) in [5, 5.41) is 10.5. The van der Waals surface area contributed by atoms with E-state index in [0.717, 1.165) is 22.8 Å². The molecule has 0 aromatic carbocycles. The van der Waals surface area contributed by atoms with Gasteiger partial charge in [0.2, 0.25) is 5.91 Å². The lowest BCUT2D eigenvalue weighted by atomic mass is 10.0. The number of amides is 1. The fourth-order valence-electron chi connectivity index (χ4n) is 2.98. The highest BCUT2D eigenvalue weighted by Gasteiger charge is 2.13. The molecule has 1 aliphatic carbocycles. The molecule has 1 amide bonds. The van der Waals surface area contributed by atoms with E-state index in [1.807, 2.05) is 23.2 Å². The van der Waals surface area contributed by atoms with Gasteiger partial charge in [0.25, 0.3) is 5.56 Å². The van der Waals surface area contributed by atoms with Gasteiger partial charge in [-0.1, -0.05) is 19.3 Å². The van der Waals surface area contributed by atoms with Gasteiger partial charge < -0.3 is 5.32 Å². The normalized spacial score (nSPS) is 15.7. The van der Waals surface area contributed by atoms with Crippen LogP contribution in [0.5, 0.6) is 0 Å². The predicted molar refractivity (Wildman–Crippen MR) is 101 cm³/mol. The van der Waals surface area contributed by atoms with Gasteiger partial charge in [0.05, 0.1) is 6.20 Å². The highest BCUT2D eigenvalue weighted by molar-refractivity contribution is 7.99. The van der Waals surface area contributed by atoms with Crippen molar-refractivity contribution in [1.82, 2.24) is 15.1 Å². The van der Waals surface area contributed by atoms with E-state index in [2.05, 4.69) is 10.4 Å². The summed E-state index contributed by atoms with van der Waals surface area (Å²) in [4.78, 5) is 24.2. The monoisotopic (exact) mass is 365 g/mol. The van der Waals surface area contributed by atoms with Crippen molar-refractivity contribution >= 4 is 39.1 Å². The molecule has 1 fully saturated rings. The third-order valence-corrected chi connectivity index (χ3v) is 6.69. The molecule has 1 N–H and O–H groups in total. The number of thioether (sulfide) groups is 1. The number of carbonyl (C=O) groups is 1. The number of aromatic nitrogens is 2. The topological polar surface area (TPSA) is 64.0 Å². The van der Waals surface area contributed by atoms with Crippen molar-refractivity contribution in [3.8, 4) is 0 Å². The van der Waals surface area contributed by atoms with Gasteiger partial charge >= 0.3 is 0 Å². The molecule has 1 aliphatic rings. The Morgan fingerprint density at radius 3 is 3.04 bits per heavy atom. The van der Waals surface area contributed by atoms with Gasteiger partial charge in [-0.25, -0.2) is 4.68 Å². The molecule has 7 heteroatoms. The van der Waals surface area contributed by atoms with Crippen LogP contribution >= 0.6 is 23.1 Å². The Morgan fingerprint density at radius 2 is 2.21 bits per heavy atom. The van der Waals surface area contributed by atoms with Crippen LogP contribution in [0.1, 0.15) is 38.5 Å². The second-order valence-electron chi connectivity index (χ2n) is 6.15. The number of nitrogens with zero attached hydrogens (tertiary/aromatic N) is 2. The maximum Gasteiger partial charge on any atom is 0.285 e. The first kappa shape index (κ1) is 17.5. The van der Waals surface area contributed by atoms with E-state index in [9.17, 15) is 9.59 Å². The minimum Gasteiger partial charge on any atom is -0.354 e. The van der Waals surface area contributed by atoms with Crippen molar-refractivity contribution in [1.29, 1.82) is 0 Å². The number of nitrogens with one attached hydrogen (secondary N) is 1. The summed E-state index contributed by atoms with van der Waals surface area (Å²) in [5.74, 6) is 0.938. The molecule has 2 aromatic rings. The third-order valence-electron chi connectivity index (χ3n) is 4.30. The lowest BCUT2D eigenvalue weighted by Crippen LogP contribution is -2.34. The van der Waals surface area contributed by atoms with Crippen LogP contribution in [0, 0.1) is 0 Å². The van der Waals surface area contributed by atoms with Crippen molar-refractivity contribution in [2.45, 2.75) is 50.3 Å². The minimum absolute atomic E-state index is 0.0115. The molecule has 2 heterocycles. The summed E-state index contributed by atoms with van der Waals surface area (Å²) >= 11 is 3.43. The summed E-state index contributed by atoms with van der Waals surface area (Å²) in [7, 11) is 0. The summed E-state index contributed by atoms with van der Waals surface area (Å²) in [6, 6.07) is 1.86. The van der Waals surface area contributed by atoms with E-state index in [-0.39, 0.29) is 18.0 Å². The Labute approximate surface area is 149 Å².